The average Bonchev–Trinajstić information content (AvgIpc) is 3.01. The maximum absolute atomic E-state index is 5.68. The summed E-state index contributed by atoms with van der Waals surface area (Å²) in [4.78, 5) is 4.35. The predicted octanol–water partition coefficient (Wildman–Crippen LogP) is 1.64. The molecule has 3 N–H and O–H groups in total. The largest absolute Gasteiger partial charge is 0.271 e. The van der Waals surface area contributed by atoms with Crippen LogP contribution in [0.5, 0.6) is 0 Å². The van der Waals surface area contributed by atoms with Crippen LogP contribution in [0, 0.1) is 5.92 Å². The molecule has 1 atom stereocenters. The molecule has 0 amide bonds. The van der Waals surface area contributed by atoms with Crippen LogP contribution in [0.15, 0.2) is 6.33 Å². The summed E-state index contributed by atoms with van der Waals surface area (Å²) in [6.45, 7) is 3.10. The van der Waals surface area contributed by atoms with E-state index in [1.807, 2.05) is 4.68 Å². The maximum Gasteiger partial charge on any atom is 0.138 e. The van der Waals surface area contributed by atoms with Crippen LogP contribution in [0.3, 0.4) is 0 Å². The smallest absolute Gasteiger partial charge is 0.138 e. The maximum atomic E-state index is 5.68. The van der Waals surface area contributed by atoms with Crippen LogP contribution >= 0.6 is 0 Å². The van der Waals surface area contributed by atoms with Gasteiger partial charge in [-0.25, -0.2) is 4.98 Å². The van der Waals surface area contributed by atoms with Gasteiger partial charge in [-0.3, -0.25) is 16.0 Å². The lowest BCUT2D eigenvalue weighted by molar-refractivity contribution is 0.379. The summed E-state index contributed by atoms with van der Waals surface area (Å²) in [5, 5.41) is 4.26. The Labute approximate surface area is 109 Å². The van der Waals surface area contributed by atoms with Crippen LogP contribution in [-0.4, -0.2) is 20.8 Å². The van der Waals surface area contributed by atoms with Crippen LogP contribution in [0.4, 0.5) is 0 Å². The molecule has 0 aliphatic heterocycles. The van der Waals surface area contributed by atoms with E-state index in [9.17, 15) is 0 Å². The van der Waals surface area contributed by atoms with E-state index in [1.54, 1.807) is 6.33 Å². The second kappa shape index (κ2) is 6.85. The Morgan fingerprint density at radius 3 is 2.94 bits per heavy atom. The van der Waals surface area contributed by atoms with Crippen molar-refractivity contribution in [2.24, 2.45) is 11.8 Å². The first-order chi connectivity index (χ1) is 8.83. The molecule has 0 aromatic carbocycles. The highest BCUT2D eigenvalue weighted by Crippen LogP contribution is 2.28. The third-order valence-corrected chi connectivity index (χ3v) is 3.89. The minimum atomic E-state index is 0.327. The molecule has 1 fully saturated rings. The predicted molar refractivity (Wildman–Crippen MR) is 71.7 cm³/mol. The first-order valence-corrected chi connectivity index (χ1v) is 7.16. The van der Waals surface area contributed by atoms with Gasteiger partial charge in [-0.2, -0.15) is 5.10 Å². The Bertz CT molecular complexity index is 343. The second-order valence-electron chi connectivity index (χ2n) is 5.35. The Kier molecular flexibility index (Phi) is 5.13. The molecule has 102 valence electrons. The standard InChI is InChI=1S/C13H25N5/c1-2-7-18-13(15-10-16-18)9-12(17-14)8-11-5-3-4-6-11/h10-12,17H,2-9,14H2,1H3. The lowest BCUT2D eigenvalue weighted by Gasteiger charge is -2.19. The number of nitrogens with one attached hydrogen (secondary N) is 1. The summed E-state index contributed by atoms with van der Waals surface area (Å²) >= 11 is 0. The number of hydrogen-bond donors (Lipinski definition) is 2. The van der Waals surface area contributed by atoms with E-state index in [-0.39, 0.29) is 0 Å². The summed E-state index contributed by atoms with van der Waals surface area (Å²) in [6, 6.07) is 0.327. The van der Waals surface area contributed by atoms with Gasteiger partial charge in [0.1, 0.15) is 12.2 Å². The highest BCUT2D eigenvalue weighted by atomic mass is 15.3. The zero-order chi connectivity index (χ0) is 12.8. The molecule has 1 saturated carbocycles. The van der Waals surface area contributed by atoms with Crippen molar-refractivity contribution in [2.45, 2.75) is 64.5 Å². The number of hydrazine groups is 1. The lowest BCUT2D eigenvalue weighted by Crippen LogP contribution is -2.38. The van der Waals surface area contributed by atoms with Crippen molar-refractivity contribution in [2.75, 3.05) is 0 Å². The van der Waals surface area contributed by atoms with Gasteiger partial charge in [0.05, 0.1) is 0 Å². The van der Waals surface area contributed by atoms with Crippen LogP contribution in [0.2, 0.25) is 0 Å². The Morgan fingerprint density at radius 1 is 1.50 bits per heavy atom. The minimum Gasteiger partial charge on any atom is -0.271 e. The normalized spacial score (nSPS) is 18.3. The molecule has 0 bridgehead atoms. The Hall–Kier alpha value is -0.940. The molecule has 1 aliphatic carbocycles. The molecule has 5 nitrogen and oxygen atoms in total. The van der Waals surface area contributed by atoms with E-state index >= 15 is 0 Å². The number of aromatic nitrogens is 3. The van der Waals surface area contributed by atoms with Gasteiger partial charge in [-0.1, -0.05) is 32.6 Å². The van der Waals surface area contributed by atoms with E-state index in [2.05, 4.69) is 22.4 Å². The molecule has 1 aliphatic rings. The quantitative estimate of drug-likeness (QED) is 0.571. The van der Waals surface area contributed by atoms with Gasteiger partial charge in [0, 0.05) is 19.0 Å². The first-order valence-electron chi connectivity index (χ1n) is 7.16. The van der Waals surface area contributed by atoms with E-state index in [0.717, 1.165) is 37.5 Å². The van der Waals surface area contributed by atoms with Crippen molar-refractivity contribution in [3.05, 3.63) is 12.2 Å². The minimum absolute atomic E-state index is 0.327. The third kappa shape index (κ3) is 3.53. The van der Waals surface area contributed by atoms with Crippen LogP contribution in [-0.2, 0) is 13.0 Å². The van der Waals surface area contributed by atoms with Crippen molar-refractivity contribution < 1.29 is 0 Å². The van der Waals surface area contributed by atoms with Crippen LogP contribution in [0.1, 0.15) is 51.3 Å². The van der Waals surface area contributed by atoms with Gasteiger partial charge in [-0.05, 0) is 18.8 Å². The summed E-state index contributed by atoms with van der Waals surface area (Å²) in [5.41, 5.74) is 2.96. The Balaban J connectivity index is 1.89. The van der Waals surface area contributed by atoms with Crippen molar-refractivity contribution in [1.29, 1.82) is 0 Å². The molecule has 5 heteroatoms. The van der Waals surface area contributed by atoms with E-state index in [1.165, 1.54) is 25.7 Å². The molecular weight excluding hydrogens is 226 g/mol. The lowest BCUT2D eigenvalue weighted by atomic mass is 9.96. The molecule has 0 saturated heterocycles. The summed E-state index contributed by atoms with van der Waals surface area (Å²) in [6.07, 6.45) is 10.3. The molecule has 0 spiro atoms. The monoisotopic (exact) mass is 251 g/mol. The second-order valence-corrected chi connectivity index (χ2v) is 5.35. The van der Waals surface area contributed by atoms with Crippen molar-refractivity contribution in [3.8, 4) is 0 Å². The summed E-state index contributed by atoms with van der Waals surface area (Å²) in [5.74, 6) is 7.58. The van der Waals surface area contributed by atoms with Crippen LogP contribution in [0.25, 0.3) is 0 Å². The highest BCUT2D eigenvalue weighted by Gasteiger charge is 2.21. The zero-order valence-corrected chi connectivity index (χ0v) is 11.3. The molecule has 18 heavy (non-hydrogen) atoms. The molecule has 0 radical (unpaired) electrons. The summed E-state index contributed by atoms with van der Waals surface area (Å²) in [7, 11) is 0. The third-order valence-electron chi connectivity index (χ3n) is 3.89. The van der Waals surface area contributed by atoms with Gasteiger partial charge >= 0.3 is 0 Å². The molecule has 1 aromatic rings. The zero-order valence-electron chi connectivity index (χ0n) is 11.3. The van der Waals surface area contributed by atoms with Gasteiger partial charge in [0.15, 0.2) is 0 Å². The van der Waals surface area contributed by atoms with Crippen molar-refractivity contribution in [1.82, 2.24) is 20.2 Å². The number of hydrogen-bond acceptors (Lipinski definition) is 4. The number of rotatable bonds is 7. The van der Waals surface area contributed by atoms with E-state index in [0.29, 0.717) is 6.04 Å². The van der Waals surface area contributed by atoms with Crippen molar-refractivity contribution >= 4 is 0 Å². The average molecular weight is 251 g/mol. The molecule has 1 aromatic heterocycles. The SMILES string of the molecule is CCCn1ncnc1CC(CC1CCCC1)NN. The number of nitrogens with zero attached hydrogens (tertiary/aromatic N) is 3. The molecule has 2 rings (SSSR count). The fourth-order valence-electron chi connectivity index (χ4n) is 2.92. The first kappa shape index (κ1) is 13.5. The van der Waals surface area contributed by atoms with Gasteiger partial charge < -0.3 is 0 Å². The van der Waals surface area contributed by atoms with Gasteiger partial charge in [-0.15, -0.1) is 0 Å². The fourth-order valence-corrected chi connectivity index (χ4v) is 2.92. The van der Waals surface area contributed by atoms with Crippen LogP contribution < -0.4 is 11.3 Å². The van der Waals surface area contributed by atoms with E-state index in [4.69, 9.17) is 5.84 Å². The van der Waals surface area contributed by atoms with E-state index < -0.39 is 0 Å². The molecule has 1 unspecified atom stereocenters. The highest BCUT2D eigenvalue weighted by molar-refractivity contribution is 4.90. The fraction of sp³-hybridized carbons (Fsp3) is 0.846. The van der Waals surface area contributed by atoms with Crippen molar-refractivity contribution in [3.63, 3.8) is 0 Å². The van der Waals surface area contributed by atoms with Gasteiger partial charge in [0.2, 0.25) is 0 Å². The molecular formula is C13H25N5. The van der Waals surface area contributed by atoms with Gasteiger partial charge in [0.25, 0.3) is 0 Å². The summed E-state index contributed by atoms with van der Waals surface area (Å²) < 4.78 is 2.00. The Morgan fingerprint density at radius 2 is 2.28 bits per heavy atom. The molecule has 1 heterocycles. The number of aryl methyl sites for hydroxylation is 1. The topological polar surface area (TPSA) is 68.8 Å². The number of nitrogens with two attached hydrogens (primary N) is 1.